The molecule has 1 N–H and O–H groups in total. The molecule has 1 aromatic rings. The maximum absolute atomic E-state index is 11.9. The molecule has 1 saturated heterocycles. The zero-order valence-electron chi connectivity index (χ0n) is 10.5. The number of nitrogens with one attached hydrogen (secondary N) is 1. The molecule has 2 rings (SSSR count). The number of amides is 1. The molecule has 0 radical (unpaired) electrons. The van der Waals surface area contributed by atoms with Crippen LogP contribution in [-0.2, 0) is 0 Å². The van der Waals surface area contributed by atoms with Crippen LogP contribution in [0.1, 0.15) is 30.3 Å². The molecule has 0 spiro atoms. The average molecular weight is 312 g/mol. The summed E-state index contributed by atoms with van der Waals surface area (Å²) >= 11 is 3.30. The van der Waals surface area contributed by atoms with Crippen LogP contribution in [0, 0.1) is 0 Å². The Labute approximate surface area is 116 Å². The number of hydrogen-bond acceptors (Lipinski definition) is 3. The molecule has 0 aliphatic carbocycles. The zero-order valence-corrected chi connectivity index (χ0v) is 12.1. The van der Waals surface area contributed by atoms with E-state index in [1.807, 2.05) is 6.07 Å². The van der Waals surface area contributed by atoms with Gasteiger partial charge in [-0.3, -0.25) is 9.69 Å². The molecular weight excluding hydrogens is 294 g/mol. The Morgan fingerprint density at radius 1 is 1.50 bits per heavy atom. The largest absolute Gasteiger partial charge is 0.349 e. The molecule has 0 aromatic carbocycles. The summed E-state index contributed by atoms with van der Waals surface area (Å²) in [5.41, 5.74) is 0.465. The Morgan fingerprint density at radius 2 is 2.22 bits per heavy atom. The van der Waals surface area contributed by atoms with Crippen molar-refractivity contribution in [2.24, 2.45) is 0 Å². The lowest BCUT2D eigenvalue weighted by molar-refractivity contribution is 0.0935. The summed E-state index contributed by atoms with van der Waals surface area (Å²) in [7, 11) is 0. The molecule has 1 amide bonds. The highest BCUT2D eigenvalue weighted by atomic mass is 79.9. The number of carbonyl (C=O) groups excluding carboxylic acids is 1. The van der Waals surface area contributed by atoms with Crippen LogP contribution in [0.2, 0.25) is 0 Å². The van der Waals surface area contributed by atoms with Crippen molar-refractivity contribution in [3.63, 3.8) is 0 Å². The van der Waals surface area contributed by atoms with Crippen LogP contribution in [0.4, 0.5) is 0 Å². The van der Waals surface area contributed by atoms with Gasteiger partial charge in [0.25, 0.3) is 5.91 Å². The third-order valence-electron chi connectivity index (χ3n) is 3.28. The van der Waals surface area contributed by atoms with E-state index in [0.29, 0.717) is 18.3 Å². The van der Waals surface area contributed by atoms with Crippen LogP contribution in [0.5, 0.6) is 0 Å². The van der Waals surface area contributed by atoms with Gasteiger partial charge in [0.2, 0.25) is 0 Å². The van der Waals surface area contributed by atoms with Crippen LogP contribution >= 0.6 is 15.9 Å². The molecule has 1 atom stereocenters. The summed E-state index contributed by atoms with van der Waals surface area (Å²) < 4.78 is 0.879. The summed E-state index contributed by atoms with van der Waals surface area (Å²) in [5, 5.41) is 2.94. The van der Waals surface area contributed by atoms with Crippen LogP contribution in [0.3, 0.4) is 0 Å². The third-order valence-corrected chi connectivity index (χ3v) is 3.75. The minimum absolute atomic E-state index is 0.103. The molecule has 4 nitrogen and oxygen atoms in total. The molecule has 1 aliphatic rings. The molecule has 5 heteroatoms. The fourth-order valence-corrected chi connectivity index (χ4v) is 2.39. The van der Waals surface area contributed by atoms with E-state index in [1.165, 1.54) is 12.8 Å². The molecule has 2 heterocycles. The number of rotatable bonds is 4. The van der Waals surface area contributed by atoms with Gasteiger partial charge in [-0.25, -0.2) is 4.98 Å². The van der Waals surface area contributed by atoms with Gasteiger partial charge >= 0.3 is 0 Å². The highest BCUT2D eigenvalue weighted by Gasteiger charge is 2.18. The van der Waals surface area contributed by atoms with Crippen molar-refractivity contribution in [3.8, 4) is 0 Å². The number of aromatic nitrogens is 1. The molecule has 0 bridgehead atoms. The second kappa shape index (κ2) is 6.29. The number of likely N-dealkylation sites (tertiary alicyclic amines) is 1. The van der Waals surface area contributed by atoms with Crippen molar-refractivity contribution in [2.45, 2.75) is 25.8 Å². The number of halogens is 1. The second-order valence-electron chi connectivity index (χ2n) is 4.66. The van der Waals surface area contributed by atoms with Gasteiger partial charge in [-0.05, 0) is 60.9 Å². The summed E-state index contributed by atoms with van der Waals surface area (Å²) in [6.07, 6.45) is 4.18. The lowest BCUT2D eigenvalue weighted by Gasteiger charge is -2.23. The Balaban J connectivity index is 1.82. The summed E-state index contributed by atoms with van der Waals surface area (Å²) in [6, 6.07) is 3.94. The van der Waals surface area contributed by atoms with E-state index >= 15 is 0 Å². The van der Waals surface area contributed by atoms with Crippen LogP contribution < -0.4 is 5.32 Å². The minimum Gasteiger partial charge on any atom is -0.349 e. The normalized spacial score (nSPS) is 17.7. The van der Waals surface area contributed by atoms with Gasteiger partial charge in [0.15, 0.2) is 0 Å². The highest BCUT2D eigenvalue weighted by Crippen LogP contribution is 2.11. The van der Waals surface area contributed by atoms with Gasteiger partial charge in [-0.15, -0.1) is 0 Å². The third kappa shape index (κ3) is 3.53. The quantitative estimate of drug-likeness (QED) is 0.925. The van der Waals surface area contributed by atoms with E-state index < -0.39 is 0 Å². The van der Waals surface area contributed by atoms with E-state index in [1.54, 1.807) is 12.3 Å². The summed E-state index contributed by atoms with van der Waals surface area (Å²) in [6.45, 7) is 5.12. The van der Waals surface area contributed by atoms with E-state index in [0.717, 1.165) is 17.6 Å². The lowest BCUT2D eigenvalue weighted by Crippen LogP contribution is -2.40. The summed E-state index contributed by atoms with van der Waals surface area (Å²) in [4.78, 5) is 18.4. The predicted molar refractivity (Wildman–Crippen MR) is 74.5 cm³/mol. The van der Waals surface area contributed by atoms with Crippen LogP contribution in [-0.4, -0.2) is 41.5 Å². The molecule has 1 aliphatic heterocycles. The van der Waals surface area contributed by atoms with Gasteiger partial charge in [0, 0.05) is 23.3 Å². The molecule has 18 heavy (non-hydrogen) atoms. The maximum Gasteiger partial charge on any atom is 0.269 e. The Hall–Kier alpha value is -0.940. The SMILES string of the molecule is CC(CNC(=O)c1ccc(Br)cn1)N1CCCC1. The van der Waals surface area contributed by atoms with Crippen molar-refractivity contribution in [1.82, 2.24) is 15.2 Å². The minimum atomic E-state index is -0.103. The molecule has 0 saturated carbocycles. The smallest absolute Gasteiger partial charge is 0.269 e. The van der Waals surface area contributed by atoms with Crippen molar-refractivity contribution in [2.75, 3.05) is 19.6 Å². The predicted octanol–water partition coefficient (Wildman–Crippen LogP) is 2.06. The standard InChI is InChI=1S/C13H18BrN3O/c1-10(17-6-2-3-7-17)8-16-13(18)12-5-4-11(14)9-15-12/h4-5,9-10H,2-3,6-8H2,1H3,(H,16,18). The fraction of sp³-hybridized carbons (Fsp3) is 0.538. The first kappa shape index (κ1) is 13.5. The van der Waals surface area contributed by atoms with Crippen LogP contribution in [0.15, 0.2) is 22.8 Å². The second-order valence-corrected chi connectivity index (χ2v) is 5.58. The van der Waals surface area contributed by atoms with Gasteiger partial charge in [0.05, 0.1) is 0 Å². The first-order chi connectivity index (χ1) is 8.66. The molecule has 98 valence electrons. The van der Waals surface area contributed by atoms with E-state index in [9.17, 15) is 4.79 Å². The average Bonchev–Trinajstić information content (AvgIpc) is 2.90. The van der Waals surface area contributed by atoms with E-state index in [-0.39, 0.29) is 5.91 Å². The maximum atomic E-state index is 11.9. The van der Waals surface area contributed by atoms with Gasteiger partial charge in [0.1, 0.15) is 5.69 Å². The van der Waals surface area contributed by atoms with Crippen molar-refractivity contribution >= 4 is 21.8 Å². The zero-order chi connectivity index (χ0) is 13.0. The lowest BCUT2D eigenvalue weighted by atomic mass is 10.2. The fourth-order valence-electron chi connectivity index (χ4n) is 2.15. The van der Waals surface area contributed by atoms with Crippen LogP contribution in [0.25, 0.3) is 0 Å². The van der Waals surface area contributed by atoms with E-state index in [4.69, 9.17) is 0 Å². The topological polar surface area (TPSA) is 45.2 Å². The van der Waals surface area contributed by atoms with Gasteiger partial charge < -0.3 is 5.32 Å². The van der Waals surface area contributed by atoms with Gasteiger partial charge in [-0.1, -0.05) is 0 Å². The Morgan fingerprint density at radius 3 is 2.83 bits per heavy atom. The number of hydrogen-bond donors (Lipinski definition) is 1. The first-order valence-corrected chi connectivity index (χ1v) is 7.10. The van der Waals surface area contributed by atoms with Crippen molar-refractivity contribution in [1.29, 1.82) is 0 Å². The number of nitrogens with zero attached hydrogens (tertiary/aromatic N) is 2. The van der Waals surface area contributed by atoms with Gasteiger partial charge in [-0.2, -0.15) is 0 Å². The van der Waals surface area contributed by atoms with Crippen molar-refractivity contribution in [3.05, 3.63) is 28.5 Å². The number of carbonyl (C=O) groups is 1. The van der Waals surface area contributed by atoms with Crippen molar-refractivity contribution < 1.29 is 4.79 Å². The molecule has 1 aromatic heterocycles. The molecule has 1 unspecified atom stereocenters. The number of pyridine rings is 1. The molecular formula is C13H18BrN3O. The first-order valence-electron chi connectivity index (χ1n) is 6.30. The Kier molecular flexibility index (Phi) is 4.72. The summed E-state index contributed by atoms with van der Waals surface area (Å²) in [5.74, 6) is -0.103. The Bertz CT molecular complexity index is 401. The van der Waals surface area contributed by atoms with E-state index in [2.05, 4.69) is 38.1 Å². The monoisotopic (exact) mass is 311 g/mol. The highest BCUT2D eigenvalue weighted by molar-refractivity contribution is 9.10. The molecule has 1 fully saturated rings.